The van der Waals surface area contributed by atoms with E-state index in [4.69, 9.17) is 5.73 Å². The highest BCUT2D eigenvalue weighted by Gasteiger charge is 2.20. The number of aliphatic hydroxyl groups excluding tert-OH is 1. The molecule has 2 heterocycles. The lowest BCUT2D eigenvalue weighted by molar-refractivity contribution is 0.208. The van der Waals surface area contributed by atoms with Gasteiger partial charge in [-0.1, -0.05) is 0 Å². The number of nitrogens with two attached hydrogens (primary N) is 1. The van der Waals surface area contributed by atoms with Crippen LogP contribution in [-0.2, 0) is 0 Å². The molecule has 2 rings (SSSR count). The zero-order chi connectivity index (χ0) is 11.5. The van der Waals surface area contributed by atoms with Gasteiger partial charge in [-0.15, -0.1) is 0 Å². The average Bonchev–Trinajstić information content (AvgIpc) is 2.33. The molecule has 0 spiro atoms. The fraction of sp³-hybridized carbons (Fsp3) is 0.583. The number of hydrogen-bond acceptors (Lipinski definition) is 4. The topological polar surface area (TPSA) is 62.4 Å². The van der Waals surface area contributed by atoms with Gasteiger partial charge in [0.25, 0.3) is 0 Å². The van der Waals surface area contributed by atoms with Gasteiger partial charge in [-0.2, -0.15) is 0 Å². The molecule has 0 radical (unpaired) electrons. The molecular weight excluding hydrogens is 202 g/mol. The first-order valence-corrected chi connectivity index (χ1v) is 5.78. The summed E-state index contributed by atoms with van der Waals surface area (Å²) < 4.78 is 0. The minimum absolute atomic E-state index is 0.268. The second kappa shape index (κ2) is 4.70. The van der Waals surface area contributed by atoms with E-state index >= 15 is 0 Å². The third-order valence-corrected chi connectivity index (χ3v) is 3.24. The number of nitrogen functional groups attached to an aromatic ring is 1. The van der Waals surface area contributed by atoms with E-state index in [1.54, 1.807) is 6.20 Å². The molecular formula is C12H19N3O. The van der Waals surface area contributed by atoms with Crippen molar-refractivity contribution in [3.05, 3.63) is 17.8 Å². The molecule has 1 aromatic heterocycles. The van der Waals surface area contributed by atoms with Gasteiger partial charge in [-0.3, -0.25) is 0 Å². The summed E-state index contributed by atoms with van der Waals surface area (Å²) in [5.74, 6) is 1.36. The summed E-state index contributed by atoms with van der Waals surface area (Å²) in [6.07, 6.45) is 3.95. The Labute approximate surface area is 96.1 Å². The Hall–Kier alpha value is -1.29. The van der Waals surface area contributed by atoms with Crippen molar-refractivity contribution in [2.45, 2.75) is 19.8 Å². The third kappa shape index (κ3) is 2.27. The normalized spacial score (nSPS) is 21.1. The van der Waals surface area contributed by atoms with Gasteiger partial charge in [0, 0.05) is 19.7 Å². The van der Waals surface area contributed by atoms with Crippen LogP contribution in [0, 0.1) is 12.8 Å². The zero-order valence-corrected chi connectivity index (χ0v) is 9.69. The molecule has 4 nitrogen and oxygen atoms in total. The molecule has 16 heavy (non-hydrogen) atoms. The van der Waals surface area contributed by atoms with E-state index in [0.717, 1.165) is 43.0 Å². The van der Waals surface area contributed by atoms with Gasteiger partial charge in [0.05, 0.1) is 11.9 Å². The molecule has 0 aromatic carbocycles. The number of rotatable bonds is 2. The Morgan fingerprint density at radius 1 is 1.62 bits per heavy atom. The highest BCUT2D eigenvalue weighted by atomic mass is 16.3. The lowest BCUT2D eigenvalue weighted by atomic mass is 9.99. The molecule has 1 unspecified atom stereocenters. The fourth-order valence-electron chi connectivity index (χ4n) is 2.15. The average molecular weight is 221 g/mol. The number of pyridine rings is 1. The van der Waals surface area contributed by atoms with E-state index in [1.807, 2.05) is 13.0 Å². The van der Waals surface area contributed by atoms with E-state index in [0.29, 0.717) is 5.92 Å². The van der Waals surface area contributed by atoms with Crippen LogP contribution in [-0.4, -0.2) is 29.8 Å². The SMILES string of the molecule is Cc1cc(N2CCCC(CO)C2)ncc1N. The Kier molecular flexibility index (Phi) is 3.29. The van der Waals surface area contributed by atoms with E-state index in [2.05, 4.69) is 9.88 Å². The number of aryl methyl sites for hydroxylation is 1. The number of hydrogen-bond donors (Lipinski definition) is 2. The first-order valence-electron chi connectivity index (χ1n) is 5.78. The van der Waals surface area contributed by atoms with Crippen molar-refractivity contribution in [3.63, 3.8) is 0 Å². The maximum absolute atomic E-state index is 9.19. The van der Waals surface area contributed by atoms with Gasteiger partial charge < -0.3 is 15.7 Å². The van der Waals surface area contributed by atoms with Crippen molar-refractivity contribution in [1.82, 2.24) is 4.98 Å². The van der Waals surface area contributed by atoms with Crippen molar-refractivity contribution in [2.24, 2.45) is 5.92 Å². The Morgan fingerprint density at radius 3 is 3.12 bits per heavy atom. The lowest BCUT2D eigenvalue weighted by Crippen LogP contribution is -2.37. The van der Waals surface area contributed by atoms with Gasteiger partial charge in [-0.25, -0.2) is 4.98 Å². The van der Waals surface area contributed by atoms with Gasteiger partial charge in [0.2, 0.25) is 0 Å². The van der Waals surface area contributed by atoms with Crippen molar-refractivity contribution in [1.29, 1.82) is 0 Å². The van der Waals surface area contributed by atoms with Gasteiger partial charge in [0.15, 0.2) is 0 Å². The molecule has 1 fully saturated rings. The third-order valence-electron chi connectivity index (χ3n) is 3.24. The minimum atomic E-state index is 0.268. The summed E-state index contributed by atoms with van der Waals surface area (Å²) in [6.45, 7) is 4.18. The largest absolute Gasteiger partial charge is 0.397 e. The molecule has 3 N–H and O–H groups in total. The van der Waals surface area contributed by atoms with Gasteiger partial charge >= 0.3 is 0 Å². The molecule has 1 aromatic rings. The van der Waals surface area contributed by atoms with Gasteiger partial charge in [-0.05, 0) is 37.3 Å². The van der Waals surface area contributed by atoms with Crippen molar-refractivity contribution >= 4 is 11.5 Å². The van der Waals surface area contributed by atoms with Crippen LogP contribution < -0.4 is 10.6 Å². The lowest BCUT2D eigenvalue weighted by Gasteiger charge is -2.32. The standard InChI is InChI=1S/C12H19N3O/c1-9-5-12(14-6-11(9)13)15-4-2-3-10(7-15)8-16/h5-6,10,16H,2-4,7-8,13H2,1H3. The summed E-state index contributed by atoms with van der Waals surface area (Å²) in [4.78, 5) is 6.58. The predicted molar refractivity (Wildman–Crippen MR) is 65.4 cm³/mol. The molecule has 0 saturated carbocycles. The minimum Gasteiger partial charge on any atom is -0.397 e. The molecule has 1 aliphatic rings. The number of aliphatic hydroxyl groups is 1. The maximum atomic E-state index is 9.19. The predicted octanol–water partition coefficient (Wildman–Crippen LogP) is 1.18. The first-order chi connectivity index (χ1) is 7.70. The maximum Gasteiger partial charge on any atom is 0.128 e. The quantitative estimate of drug-likeness (QED) is 0.787. The Balaban J connectivity index is 2.13. The molecule has 88 valence electrons. The molecule has 1 saturated heterocycles. The molecule has 1 atom stereocenters. The number of piperidine rings is 1. The van der Waals surface area contributed by atoms with E-state index in [9.17, 15) is 5.11 Å². The van der Waals surface area contributed by atoms with Crippen LogP contribution in [0.5, 0.6) is 0 Å². The highest BCUT2D eigenvalue weighted by Crippen LogP contribution is 2.23. The Morgan fingerprint density at radius 2 is 2.44 bits per heavy atom. The van der Waals surface area contributed by atoms with Crippen molar-refractivity contribution in [3.8, 4) is 0 Å². The summed E-state index contributed by atoms with van der Waals surface area (Å²) in [6, 6.07) is 2.02. The van der Waals surface area contributed by atoms with E-state index in [1.165, 1.54) is 0 Å². The number of nitrogens with zero attached hydrogens (tertiary/aromatic N) is 2. The number of anilines is 2. The second-order valence-electron chi connectivity index (χ2n) is 4.54. The summed E-state index contributed by atoms with van der Waals surface area (Å²) in [5.41, 5.74) is 7.55. The monoisotopic (exact) mass is 221 g/mol. The van der Waals surface area contributed by atoms with E-state index in [-0.39, 0.29) is 6.61 Å². The number of aromatic nitrogens is 1. The molecule has 0 amide bonds. The molecule has 1 aliphatic heterocycles. The van der Waals surface area contributed by atoms with Crippen LogP contribution in [0.3, 0.4) is 0 Å². The molecule has 0 aliphatic carbocycles. The first kappa shape index (κ1) is 11.2. The summed E-state index contributed by atoms with van der Waals surface area (Å²) in [5, 5.41) is 9.19. The van der Waals surface area contributed by atoms with E-state index < -0.39 is 0 Å². The smallest absolute Gasteiger partial charge is 0.128 e. The zero-order valence-electron chi connectivity index (χ0n) is 9.69. The van der Waals surface area contributed by atoms with Crippen LogP contribution in [0.2, 0.25) is 0 Å². The summed E-state index contributed by atoms with van der Waals surface area (Å²) in [7, 11) is 0. The fourth-order valence-corrected chi connectivity index (χ4v) is 2.15. The van der Waals surface area contributed by atoms with Crippen LogP contribution in [0.4, 0.5) is 11.5 Å². The van der Waals surface area contributed by atoms with Crippen LogP contribution in [0.1, 0.15) is 18.4 Å². The Bertz CT molecular complexity index is 367. The van der Waals surface area contributed by atoms with Crippen molar-refractivity contribution in [2.75, 3.05) is 30.3 Å². The molecule has 4 heteroatoms. The summed E-state index contributed by atoms with van der Waals surface area (Å²) >= 11 is 0. The van der Waals surface area contributed by atoms with Crippen LogP contribution in [0.15, 0.2) is 12.3 Å². The van der Waals surface area contributed by atoms with Gasteiger partial charge in [0.1, 0.15) is 5.82 Å². The van der Waals surface area contributed by atoms with Crippen LogP contribution in [0.25, 0.3) is 0 Å². The van der Waals surface area contributed by atoms with Crippen LogP contribution >= 0.6 is 0 Å². The molecule has 0 bridgehead atoms. The highest BCUT2D eigenvalue weighted by molar-refractivity contribution is 5.52. The second-order valence-corrected chi connectivity index (χ2v) is 4.54. The van der Waals surface area contributed by atoms with Crippen molar-refractivity contribution < 1.29 is 5.11 Å².